The number of aliphatic hydroxyl groups excluding tert-OH is 1. The van der Waals surface area contributed by atoms with Crippen LogP contribution in [0.1, 0.15) is 6.42 Å². The number of carboxylic acids is 1. The summed E-state index contributed by atoms with van der Waals surface area (Å²) in [6.45, 7) is -0.174. The number of hydrogen-bond donors (Lipinski definition) is 4. The van der Waals surface area contributed by atoms with Crippen LogP contribution >= 0.6 is 0 Å². The molecule has 1 atom stereocenters. The molecule has 1 unspecified atom stereocenters. The third kappa shape index (κ3) is 5.15. The van der Waals surface area contributed by atoms with Crippen LogP contribution in [0, 0.1) is 0 Å². The Morgan fingerprint density at radius 1 is 1.44 bits per heavy atom. The number of nitrogens with two attached hydrogens (primary N) is 1. The Kier molecular flexibility index (Phi) is 5.86. The van der Waals surface area contributed by atoms with Crippen molar-refractivity contribution in [2.45, 2.75) is 12.5 Å². The third-order valence-electron chi connectivity index (χ3n) is 1.78. The highest BCUT2D eigenvalue weighted by molar-refractivity contribution is 5.87. The molecule has 0 radical (unpaired) electrons. The second kappa shape index (κ2) is 6.62. The zero-order valence-corrected chi connectivity index (χ0v) is 8.84. The van der Waals surface area contributed by atoms with Crippen LogP contribution in [0.5, 0.6) is 0 Å². The molecule has 0 aliphatic heterocycles. The lowest BCUT2D eigenvalue weighted by molar-refractivity contribution is -0.140. The topological polar surface area (TPSA) is 133 Å². The predicted molar refractivity (Wildman–Crippen MR) is 53.5 cm³/mol. The maximum absolute atomic E-state index is 11.3. The van der Waals surface area contributed by atoms with Crippen molar-refractivity contribution in [3.63, 3.8) is 0 Å². The van der Waals surface area contributed by atoms with Gasteiger partial charge in [-0.2, -0.15) is 0 Å². The van der Waals surface area contributed by atoms with Crippen molar-refractivity contribution in [3.8, 4) is 0 Å². The highest BCUT2D eigenvalue weighted by atomic mass is 16.4. The molecule has 92 valence electrons. The quantitative estimate of drug-likeness (QED) is 0.419. The predicted octanol–water partition coefficient (Wildman–Crippen LogP) is -2.05. The zero-order chi connectivity index (χ0) is 12.7. The molecule has 0 aliphatic rings. The number of aliphatic carboxylic acids is 1. The Morgan fingerprint density at radius 2 is 2.00 bits per heavy atom. The van der Waals surface area contributed by atoms with E-state index < -0.39 is 30.4 Å². The van der Waals surface area contributed by atoms with Crippen molar-refractivity contribution < 1.29 is 24.6 Å². The maximum Gasteiger partial charge on any atom is 0.326 e. The molecule has 16 heavy (non-hydrogen) atoms. The Balaban J connectivity index is 4.34. The van der Waals surface area contributed by atoms with E-state index in [2.05, 4.69) is 5.32 Å². The van der Waals surface area contributed by atoms with E-state index in [1.165, 1.54) is 7.05 Å². The van der Waals surface area contributed by atoms with Gasteiger partial charge in [0.2, 0.25) is 5.91 Å². The van der Waals surface area contributed by atoms with Gasteiger partial charge in [-0.05, 0) is 0 Å². The molecule has 0 saturated carbocycles. The van der Waals surface area contributed by atoms with E-state index in [0.717, 1.165) is 4.90 Å². The molecule has 0 bridgehead atoms. The number of rotatable bonds is 6. The molecular weight excluding hydrogens is 218 g/mol. The minimum atomic E-state index is -1.36. The lowest BCUT2D eigenvalue weighted by Gasteiger charge is -2.19. The summed E-state index contributed by atoms with van der Waals surface area (Å²) in [5, 5.41) is 19.4. The average Bonchev–Trinajstić information content (AvgIpc) is 2.16. The second-order valence-electron chi connectivity index (χ2n) is 3.16. The number of urea groups is 1. The molecule has 0 spiro atoms. The first-order valence-corrected chi connectivity index (χ1v) is 4.52. The summed E-state index contributed by atoms with van der Waals surface area (Å²) in [4.78, 5) is 33.6. The van der Waals surface area contributed by atoms with Gasteiger partial charge in [0, 0.05) is 13.6 Å². The van der Waals surface area contributed by atoms with Crippen LogP contribution in [0.25, 0.3) is 0 Å². The van der Waals surface area contributed by atoms with Crippen molar-refractivity contribution in [2.75, 3.05) is 20.2 Å². The fourth-order valence-electron chi connectivity index (χ4n) is 0.912. The smallest absolute Gasteiger partial charge is 0.326 e. The lowest BCUT2D eigenvalue weighted by Crippen LogP contribution is -2.48. The van der Waals surface area contributed by atoms with Gasteiger partial charge >= 0.3 is 12.0 Å². The molecule has 8 heteroatoms. The fraction of sp³-hybridized carbons (Fsp3) is 0.625. The number of nitrogens with one attached hydrogen (secondary N) is 1. The summed E-state index contributed by atoms with van der Waals surface area (Å²) < 4.78 is 0. The van der Waals surface area contributed by atoms with Gasteiger partial charge in [-0.3, -0.25) is 4.79 Å². The van der Waals surface area contributed by atoms with E-state index in [0.29, 0.717) is 0 Å². The normalized spacial score (nSPS) is 11.6. The first-order valence-electron chi connectivity index (χ1n) is 4.52. The lowest BCUT2D eigenvalue weighted by atomic mass is 10.2. The van der Waals surface area contributed by atoms with Gasteiger partial charge in [0.15, 0.2) is 0 Å². The van der Waals surface area contributed by atoms with Crippen molar-refractivity contribution in [3.05, 3.63) is 0 Å². The van der Waals surface area contributed by atoms with Crippen LogP contribution < -0.4 is 11.1 Å². The molecule has 0 rings (SSSR count). The van der Waals surface area contributed by atoms with Gasteiger partial charge in [0.25, 0.3) is 0 Å². The molecular formula is C8H15N3O5. The number of hydrogen-bond acceptors (Lipinski definition) is 4. The standard InChI is InChI=1S/C8H15N3O5/c1-11(2-3-12)8(16)10-5(7(14)15)4-6(9)13/h5,12H,2-4H2,1H3,(H2,9,13)(H,10,16)(H,14,15). The van der Waals surface area contributed by atoms with Crippen molar-refractivity contribution in [1.29, 1.82) is 0 Å². The van der Waals surface area contributed by atoms with Gasteiger partial charge in [-0.25, -0.2) is 9.59 Å². The Morgan fingerprint density at radius 3 is 2.38 bits per heavy atom. The number of amides is 3. The molecule has 0 aromatic rings. The van der Waals surface area contributed by atoms with Gasteiger partial charge in [-0.1, -0.05) is 0 Å². The SMILES string of the molecule is CN(CCO)C(=O)NC(CC(N)=O)C(=O)O. The molecule has 0 fully saturated rings. The van der Waals surface area contributed by atoms with E-state index in [-0.39, 0.29) is 13.2 Å². The molecule has 8 nitrogen and oxygen atoms in total. The van der Waals surface area contributed by atoms with E-state index in [1.54, 1.807) is 0 Å². The first-order chi connectivity index (χ1) is 7.38. The monoisotopic (exact) mass is 233 g/mol. The number of likely N-dealkylation sites (N-methyl/N-ethyl adjacent to an activating group) is 1. The van der Waals surface area contributed by atoms with Gasteiger partial charge in [0.1, 0.15) is 6.04 Å². The number of carbonyl (C=O) groups excluding carboxylic acids is 2. The van der Waals surface area contributed by atoms with E-state index >= 15 is 0 Å². The Hall–Kier alpha value is -1.83. The summed E-state index contributed by atoms with van der Waals surface area (Å²) in [7, 11) is 1.38. The number of nitrogens with zero attached hydrogens (tertiary/aromatic N) is 1. The van der Waals surface area contributed by atoms with Crippen LogP contribution in [0.3, 0.4) is 0 Å². The van der Waals surface area contributed by atoms with Crippen LogP contribution in [-0.2, 0) is 9.59 Å². The van der Waals surface area contributed by atoms with E-state index in [9.17, 15) is 14.4 Å². The summed E-state index contributed by atoms with van der Waals surface area (Å²) in [5.41, 5.74) is 4.83. The number of primary amides is 1. The van der Waals surface area contributed by atoms with Gasteiger partial charge in [-0.15, -0.1) is 0 Å². The number of carbonyl (C=O) groups is 3. The van der Waals surface area contributed by atoms with E-state index in [1.807, 2.05) is 0 Å². The zero-order valence-electron chi connectivity index (χ0n) is 8.84. The maximum atomic E-state index is 11.3. The molecule has 0 saturated heterocycles. The minimum absolute atomic E-state index is 0.0642. The van der Waals surface area contributed by atoms with Gasteiger partial charge in [0.05, 0.1) is 13.0 Å². The fourth-order valence-corrected chi connectivity index (χ4v) is 0.912. The van der Waals surface area contributed by atoms with E-state index in [4.69, 9.17) is 15.9 Å². The first kappa shape index (κ1) is 14.2. The van der Waals surface area contributed by atoms with Crippen LogP contribution in [0.4, 0.5) is 4.79 Å². The van der Waals surface area contributed by atoms with Crippen LogP contribution in [0.15, 0.2) is 0 Å². The average molecular weight is 233 g/mol. The highest BCUT2D eigenvalue weighted by Crippen LogP contribution is 1.94. The number of carboxylic acid groups (broad SMARTS) is 1. The van der Waals surface area contributed by atoms with Gasteiger partial charge < -0.3 is 26.2 Å². The second-order valence-corrected chi connectivity index (χ2v) is 3.16. The highest BCUT2D eigenvalue weighted by Gasteiger charge is 2.23. The van der Waals surface area contributed by atoms with Crippen molar-refractivity contribution in [1.82, 2.24) is 10.2 Å². The number of aliphatic hydroxyl groups is 1. The molecule has 3 amide bonds. The summed E-state index contributed by atoms with van der Waals surface area (Å²) in [6, 6.07) is -2.05. The third-order valence-corrected chi connectivity index (χ3v) is 1.78. The van der Waals surface area contributed by atoms with Crippen LogP contribution in [-0.4, -0.2) is 59.3 Å². The Labute approximate surface area is 92.0 Å². The van der Waals surface area contributed by atoms with Crippen molar-refractivity contribution in [2.24, 2.45) is 5.73 Å². The molecule has 0 heterocycles. The molecule has 0 aromatic heterocycles. The summed E-state index contributed by atoms with van der Waals surface area (Å²) >= 11 is 0. The molecule has 0 aromatic carbocycles. The van der Waals surface area contributed by atoms with Crippen LogP contribution in [0.2, 0.25) is 0 Å². The minimum Gasteiger partial charge on any atom is -0.480 e. The summed E-state index contributed by atoms with van der Waals surface area (Å²) in [6.07, 6.45) is -0.478. The molecule has 5 N–H and O–H groups in total. The summed E-state index contributed by atoms with van der Waals surface area (Å²) in [5.74, 6) is -2.16. The largest absolute Gasteiger partial charge is 0.480 e. The van der Waals surface area contributed by atoms with Crippen molar-refractivity contribution >= 4 is 17.9 Å². The Bertz CT molecular complexity index is 281. The molecule has 0 aliphatic carbocycles.